The van der Waals surface area contributed by atoms with Crippen molar-refractivity contribution in [1.29, 1.82) is 0 Å². The number of carbonyl (C=O) groups is 2. The summed E-state index contributed by atoms with van der Waals surface area (Å²) in [6, 6.07) is 8.42. The number of amides is 3. The lowest BCUT2D eigenvalue weighted by Crippen LogP contribution is -2.55. The molecular weight excluding hydrogens is 304 g/mol. The third-order valence-electron chi connectivity index (χ3n) is 4.16. The largest absolute Gasteiger partial charge is 0.338 e. The van der Waals surface area contributed by atoms with Crippen LogP contribution >= 0.6 is 0 Å². The number of hydrogen-bond acceptors (Lipinski definition) is 3. The van der Waals surface area contributed by atoms with Gasteiger partial charge in [-0.3, -0.25) is 4.79 Å². The van der Waals surface area contributed by atoms with Crippen LogP contribution in [0.15, 0.2) is 30.3 Å². The lowest BCUT2D eigenvalue weighted by Gasteiger charge is -2.35. The van der Waals surface area contributed by atoms with Gasteiger partial charge in [0.25, 0.3) is 0 Å². The van der Waals surface area contributed by atoms with Crippen LogP contribution in [0.25, 0.3) is 0 Å². The molecule has 0 aliphatic carbocycles. The minimum atomic E-state index is -0.489. The minimum absolute atomic E-state index is 0.0139. The first kappa shape index (κ1) is 18.3. The first-order chi connectivity index (χ1) is 11.5. The van der Waals surface area contributed by atoms with Gasteiger partial charge in [-0.1, -0.05) is 32.0 Å². The van der Waals surface area contributed by atoms with E-state index in [1.54, 1.807) is 0 Å². The molecule has 1 aliphatic rings. The molecule has 0 spiro atoms. The van der Waals surface area contributed by atoms with Gasteiger partial charge in [-0.15, -0.1) is 0 Å². The molecule has 0 unspecified atom stereocenters. The highest BCUT2D eigenvalue weighted by atomic mass is 16.2. The molecular formula is C18H28N4O2. The Labute approximate surface area is 144 Å². The number of likely N-dealkylation sites (N-methyl/N-ethyl adjacent to an activating group) is 1. The third kappa shape index (κ3) is 5.53. The number of nitrogens with zero attached hydrogens (tertiary/aromatic N) is 2. The molecule has 1 aromatic carbocycles. The second kappa shape index (κ2) is 8.68. The Morgan fingerprint density at radius 1 is 1.08 bits per heavy atom. The third-order valence-corrected chi connectivity index (χ3v) is 4.16. The summed E-state index contributed by atoms with van der Waals surface area (Å²) >= 11 is 0. The summed E-state index contributed by atoms with van der Waals surface area (Å²) in [5.41, 5.74) is 0.713. The Morgan fingerprint density at radius 3 is 2.29 bits per heavy atom. The van der Waals surface area contributed by atoms with Gasteiger partial charge in [0, 0.05) is 31.9 Å². The Morgan fingerprint density at radius 2 is 1.71 bits per heavy atom. The smallest absolute Gasteiger partial charge is 0.319 e. The van der Waals surface area contributed by atoms with Crippen LogP contribution in [0.5, 0.6) is 0 Å². The predicted octanol–water partition coefficient (Wildman–Crippen LogP) is 2.00. The van der Waals surface area contributed by atoms with E-state index in [2.05, 4.69) is 36.4 Å². The van der Waals surface area contributed by atoms with E-state index in [1.807, 2.05) is 35.2 Å². The van der Waals surface area contributed by atoms with Gasteiger partial charge in [-0.05, 0) is 31.5 Å². The summed E-state index contributed by atoms with van der Waals surface area (Å²) in [7, 11) is 2.05. The molecule has 0 aromatic heterocycles. The number of nitrogens with one attached hydrogen (secondary N) is 2. The van der Waals surface area contributed by atoms with E-state index in [-0.39, 0.29) is 11.9 Å². The van der Waals surface area contributed by atoms with Gasteiger partial charge in [0.05, 0.1) is 0 Å². The molecule has 1 aromatic rings. The van der Waals surface area contributed by atoms with Crippen molar-refractivity contribution in [2.75, 3.05) is 38.5 Å². The zero-order valence-electron chi connectivity index (χ0n) is 14.8. The van der Waals surface area contributed by atoms with Gasteiger partial charge in [-0.25, -0.2) is 4.79 Å². The standard InChI is InChI=1S/C18H28N4O2/c1-14(2)13-16(17(23)22-11-9-21(3)10-12-22)20-18(24)19-15-7-5-4-6-8-15/h4-8,14,16H,9-13H2,1-3H3,(H2,19,20,24)/t16-/m1/s1. The van der Waals surface area contributed by atoms with Crippen LogP contribution in [0.3, 0.4) is 0 Å². The summed E-state index contributed by atoms with van der Waals surface area (Å²) in [5.74, 6) is 0.337. The number of piperazine rings is 1. The van der Waals surface area contributed by atoms with Crippen LogP contribution in [0.2, 0.25) is 0 Å². The molecule has 132 valence electrons. The average molecular weight is 332 g/mol. The monoisotopic (exact) mass is 332 g/mol. The first-order valence-corrected chi connectivity index (χ1v) is 8.55. The number of anilines is 1. The van der Waals surface area contributed by atoms with Gasteiger partial charge < -0.3 is 20.4 Å². The average Bonchev–Trinajstić information content (AvgIpc) is 2.55. The van der Waals surface area contributed by atoms with Crippen molar-refractivity contribution in [3.63, 3.8) is 0 Å². The highest BCUT2D eigenvalue weighted by molar-refractivity contribution is 5.93. The van der Waals surface area contributed by atoms with Crippen LogP contribution in [0.1, 0.15) is 20.3 Å². The summed E-state index contributed by atoms with van der Waals surface area (Å²) in [5, 5.41) is 5.63. The van der Waals surface area contributed by atoms with Crippen LogP contribution < -0.4 is 10.6 Å². The Bertz CT molecular complexity index is 539. The number of carbonyl (C=O) groups excluding carboxylic acids is 2. The van der Waals surface area contributed by atoms with Crippen LogP contribution in [0.4, 0.5) is 10.5 Å². The normalized spacial score (nSPS) is 16.8. The van der Waals surface area contributed by atoms with Crippen molar-refractivity contribution in [2.45, 2.75) is 26.3 Å². The molecule has 0 saturated carbocycles. The Hall–Kier alpha value is -2.08. The number of hydrogen-bond donors (Lipinski definition) is 2. The van der Waals surface area contributed by atoms with E-state index < -0.39 is 6.04 Å². The summed E-state index contributed by atoms with van der Waals surface area (Å²) in [6.07, 6.45) is 0.632. The molecule has 0 radical (unpaired) electrons. The second-order valence-corrected chi connectivity index (χ2v) is 6.78. The van der Waals surface area contributed by atoms with Crippen LogP contribution in [0, 0.1) is 5.92 Å². The van der Waals surface area contributed by atoms with E-state index in [9.17, 15) is 9.59 Å². The molecule has 1 atom stereocenters. The number of urea groups is 1. The van der Waals surface area contributed by atoms with E-state index >= 15 is 0 Å². The molecule has 6 nitrogen and oxygen atoms in total. The Kier molecular flexibility index (Phi) is 6.61. The molecule has 1 fully saturated rings. The van der Waals surface area contributed by atoms with Gasteiger partial charge in [0.15, 0.2) is 0 Å². The molecule has 6 heteroatoms. The maximum atomic E-state index is 12.8. The fourth-order valence-corrected chi connectivity index (χ4v) is 2.79. The van der Waals surface area contributed by atoms with Crippen molar-refractivity contribution < 1.29 is 9.59 Å². The molecule has 2 N–H and O–H groups in total. The zero-order valence-corrected chi connectivity index (χ0v) is 14.8. The van der Waals surface area contributed by atoms with E-state index in [4.69, 9.17) is 0 Å². The predicted molar refractivity (Wildman–Crippen MR) is 95.9 cm³/mol. The van der Waals surface area contributed by atoms with E-state index in [0.717, 1.165) is 13.1 Å². The van der Waals surface area contributed by atoms with Crippen molar-refractivity contribution in [3.05, 3.63) is 30.3 Å². The number of benzene rings is 1. The van der Waals surface area contributed by atoms with Crippen LogP contribution in [-0.2, 0) is 4.79 Å². The topological polar surface area (TPSA) is 64.7 Å². The van der Waals surface area contributed by atoms with Crippen molar-refractivity contribution in [1.82, 2.24) is 15.1 Å². The maximum absolute atomic E-state index is 12.8. The highest BCUT2D eigenvalue weighted by Gasteiger charge is 2.28. The summed E-state index contributed by atoms with van der Waals surface area (Å²) in [6.45, 7) is 7.28. The Balaban J connectivity index is 1.96. The summed E-state index contributed by atoms with van der Waals surface area (Å²) in [4.78, 5) is 29.1. The molecule has 24 heavy (non-hydrogen) atoms. The lowest BCUT2D eigenvalue weighted by atomic mass is 10.0. The van der Waals surface area contributed by atoms with Crippen molar-refractivity contribution >= 4 is 17.6 Å². The molecule has 1 aliphatic heterocycles. The molecule has 1 saturated heterocycles. The molecule has 1 heterocycles. The minimum Gasteiger partial charge on any atom is -0.338 e. The van der Waals surface area contributed by atoms with Gasteiger partial charge in [0.2, 0.25) is 5.91 Å². The van der Waals surface area contributed by atoms with Crippen molar-refractivity contribution in [3.8, 4) is 0 Å². The van der Waals surface area contributed by atoms with Gasteiger partial charge in [-0.2, -0.15) is 0 Å². The van der Waals surface area contributed by atoms with Gasteiger partial charge >= 0.3 is 6.03 Å². The highest BCUT2D eigenvalue weighted by Crippen LogP contribution is 2.11. The lowest BCUT2D eigenvalue weighted by molar-refractivity contribution is -0.135. The molecule has 3 amide bonds. The van der Waals surface area contributed by atoms with Crippen molar-refractivity contribution in [2.24, 2.45) is 5.92 Å². The van der Waals surface area contributed by atoms with Crippen LogP contribution in [-0.4, -0.2) is 61.0 Å². The SMILES string of the molecule is CC(C)C[C@@H](NC(=O)Nc1ccccc1)C(=O)N1CCN(C)CC1. The molecule has 2 rings (SSSR count). The van der Waals surface area contributed by atoms with E-state index in [1.165, 1.54) is 0 Å². The second-order valence-electron chi connectivity index (χ2n) is 6.78. The molecule has 0 bridgehead atoms. The summed E-state index contributed by atoms with van der Waals surface area (Å²) < 4.78 is 0. The fraction of sp³-hybridized carbons (Fsp3) is 0.556. The number of rotatable bonds is 5. The first-order valence-electron chi connectivity index (χ1n) is 8.55. The number of para-hydroxylation sites is 1. The van der Waals surface area contributed by atoms with Gasteiger partial charge in [0.1, 0.15) is 6.04 Å². The van der Waals surface area contributed by atoms with E-state index in [0.29, 0.717) is 31.1 Å². The zero-order chi connectivity index (χ0) is 17.5. The maximum Gasteiger partial charge on any atom is 0.319 e. The fourth-order valence-electron chi connectivity index (χ4n) is 2.79. The quantitative estimate of drug-likeness (QED) is 0.867.